The fourth-order valence-electron chi connectivity index (χ4n) is 1.79. The lowest BCUT2D eigenvalue weighted by Crippen LogP contribution is -2.20. The Morgan fingerprint density at radius 1 is 1.32 bits per heavy atom. The van der Waals surface area contributed by atoms with Crippen LogP contribution in [0.1, 0.15) is 11.3 Å². The van der Waals surface area contributed by atoms with Crippen molar-refractivity contribution in [3.63, 3.8) is 0 Å². The fourth-order valence-corrected chi connectivity index (χ4v) is 1.79. The monoisotopic (exact) mass is 255 g/mol. The molecular formula is C15H14FN3. The summed E-state index contributed by atoms with van der Waals surface area (Å²) >= 11 is 0. The summed E-state index contributed by atoms with van der Waals surface area (Å²) in [6, 6.07) is 12.2. The summed E-state index contributed by atoms with van der Waals surface area (Å²) in [5, 5.41) is 8.69. The van der Waals surface area contributed by atoms with Crippen LogP contribution in [0.2, 0.25) is 0 Å². The zero-order valence-electron chi connectivity index (χ0n) is 10.7. The van der Waals surface area contributed by atoms with Gasteiger partial charge in [-0.3, -0.25) is 4.98 Å². The van der Waals surface area contributed by atoms with Gasteiger partial charge in [0.05, 0.1) is 5.56 Å². The SMILES string of the molecule is CN(CCc1ccccn1)c1ccc(C#N)c(F)c1. The molecule has 0 fully saturated rings. The van der Waals surface area contributed by atoms with Crippen molar-refractivity contribution in [2.75, 3.05) is 18.5 Å². The van der Waals surface area contributed by atoms with Gasteiger partial charge < -0.3 is 4.90 Å². The molecule has 0 amide bonds. The number of likely N-dealkylation sites (N-methyl/N-ethyl adjacent to an activating group) is 1. The molecule has 2 aromatic rings. The smallest absolute Gasteiger partial charge is 0.143 e. The summed E-state index contributed by atoms with van der Waals surface area (Å²) in [4.78, 5) is 6.19. The van der Waals surface area contributed by atoms with Crippen LogP contribution in [-0.2, 0) is 6.42 Å². The van der Waals surface area contributed by atoms with Gasteiger partial charge in [0.15, 0.2) is 0 Å². The Morgan fingerprint density at radius 2 is 2.16 bits per heavy atom. The van der Waals surface area contributed by atoms with Gasteiger partial charge in [-0.05, 0) is 30.3 Å². The molecule has 0 spiro atoms. The first-order valence-electron chi connectivity index (χ1n) is 6.01. The van der Waals surface area contributed by atoms with E-state index in [1.165, 1.54) is 12.1 Å². The average molecular weight is 255 g/mol. The van der Waals surface area contributed by atoms with Crippen LogP contribution in [0.4, 0.5) is 10.1 Å². The van der Waals surface area contributed by atoms with E-state index in [0.717, 1.165) is 24.3 Å². The predicted molar refractivity (Wildman–Crippen MR) is 72.3 cm³/mol. The van der Waals surface area contributed by atoms with E-state index in [0.29, 0.717) is 0 Å². The van der Waals surface area contributed by atoms with Crippen LogP contribution in [0.5, 0.6) is 0 Å². The Kier molecular flexibility index (Phi) is 4.09. The molecule has 1 aromatic carbocycles. The molecule has 4 heteroatoms. The average Bonchev–Trinajstić information content (AvgIpc) is 2.45. The molecule has 1 aromatic heterocycles. The van der Waals surface area contributed by atoms with Gasteiger partial charge in [-0.2, -0.15) is 5.26 Å². The summed E-state index contributed by atoms with van der Waals surface area (Å²) < 4.78 is 13.5. The molecule has 0 aliphatic rings. The van der Waals surface area contributed by atoms with E-state index in [2.05, 4.69) is 4.98 Å². The minimum atomic E-state index is -0.482. The first-order chi connectivity index (χ1) is 9.20. The lowest BCUT2D eigenvalue weighted by molar-refractivity contribution is 0.623. The topological polar surface area (TPSA) is 39.9 Å². The van der Waals surface area contributed by atoms with Crippen molar-refractivity contribution in [3.05, 3.63) is 59.7 Å². The van der Waals surface area contributed by atoms with Gasteiger partial charge in [-0.25, -0.2) is 4.39 Å². The second-order valence-corrected chi connectivity index (χ2v) is 4.27. The van der Waals surface area contributed by atoms with Crippen LogP contribution in [0, 0.1) is 17.1 Å². The largest absolute Gasteiger partial charge is 0.374 e. The summed E-state index contributed by atoms with van der Waals surface area (Å²) in [7, 11) is 1.89. The number of rotatable bonds is 4. The van der Waals surface area contributed by atoms with Crippen LogP contribution in [0.15, 0.2) is 42.6 Å². The molecule has 1 heterocycles. The Morgan fingerprint density at radius 3 is 2.79 bits per heavy atom. The van der Waals surface area contributed by atoms with Gasteiger partial charge in [0.25, 0.3) is 0 Å². The molecule has 96 valence electrons. The number of hydrogen-bond donors (Lipinski definition) is 0. The van der Waals surface area contributed by atoms with Gasteiger partial charge >= 0.3 is 0 Å². The van der Waals surface area contributed by atoms with Gasteiger partial charge in [0.1, 0.15) is 11.9 Å². The number of hydrogen-bond acceptors (Lipinski definition) is 3. The first-order valence-corrected chi connectivity index (χ1v) is 6.01. The van der Waals surface area contributed by atoms with Crippen LogP contribution >= 0.6 is 0 Å². The zero-order valence-corrected chi connectivity index (χ0v) is 10.7. The highest BCUT2D eigenvalue weighted by Crippen LogP contribution is 2.17. The molecule has 0 aliphatic heterocycles. The van der Waals surface area contributed by atoms with E-state index < -0.39 is 5.82 Å². The fraction of sp³-hybridized carbons (Fsp3) is 0.200. The van der Waals surface area contributed by atoms with E-state index >= 15 is 0 Å². The summed E-state index contributed by atoms with van der Waals surface area (Å²) in [5.41, 5.74) is 1.83. The summed E-state index contributed by atoms with van der Waals surface area (Å²) in [6.45, 7) is 0.738. The Balaban J connectivity index is 2.02. The molecule has 0 N–H and O–H groups in total. The number of aromatic nitrogens is 1. The van der Waals surface area contributed by atoms with E-state index in [1.807, 2.05) is 36.2 Å². The second kappa shape index (κ2) is 5.96. The molecule has 0 saturated heterocycles. The Bertz CT molecular complexity index is 590. The standard InChI is InChI=1S/C15H14FN3/c1-19(9-7-13-4-2-3-8-18-13)14-6-5-12(11-17)15(16)10-14/h2-6,8,10H,7,9H2,1H3. The van der Waals surface area contributed by atoms with Gasteiger partial charge in [0.2, 0.25) is 0 Å². The third kappa shape index (κ3) is 3.29. The van der Waals surface area contributed by atoms with Crippen molar-refractivity contribution in [1.29, 1.82) is 5.26 Å². The highest BCUT2D eigenvalue weighted by Gasteiger charge is 2.06. The van der Waals surface area contributed by atoms with Gasteiger partial charge in [0, 0.05) is 37.6 Å². The molecule has 0 saturated carbocycles. The van der Waals surface area contributed by atoms with E-state index in [-0.39, 0.29) is 5.56 Å². The van der Waals surface area contributed by atoms with Crippen molar-refractivity contribution in [2.24, 2.45) is 0 Å². The number of pyridine rings is 1. The van der Waals surface area contributed by atoms with Gasteiger partial charge in [-0.1, -0.05) is 6.07 Å². The van der Waals surface area contributed by atoms with Crippen molar-refractivity contribution in [1.82, 2.24) is 4.98 Å². The third-order valence-corrected chi connectivity index (χ3v) is 2.94. The molecule has 0 atom stereocenters. The van der Waals surface area contributed by atoms with E-state index in [4.69, 9.17) is 5.26 Å². The van der Waals surface area contributed by atoms with Crippen LogP contribution in [0.3, 0.4) is 0 Å². The predicted octanol–water partition coefficient (Wildman–Crippen LogP) is 2.77. The normalized spacial score (nSPS) is 9.95. The highest BCUT2D eigenvalue weighted by molar-refractivity contribution is 5.49. The number of nitrogens with zero attached hydrogens (tertiary/aromatic N) is 3. The number of nitriles is 1. The van der Waals surface area contributed by atoms with Crippen molar-refractivity contribution in [3.8, 4) is 6.07 Å². The Labute approximate surface area is 111 Å². The van der Waals surface area contributed by atoms with Crippen molar-refractivity contribution >= 4 is 5.69 Å². The molecule has 0 unspecified atom stereocenters. The zero-order chi connectivity index (χ0) is 13.7. The summed E-state index contributed by atoms with van der Waals surface area (Å²) in [6.07, 6.45) is 2.55. The molecule has 2 rings (SSSR count). The van der Waals surface area contributed by atoms with E-state index in [9.17, 15) is 4.39 Å². The molecule has 19 heavy (non-hydrogen) atoms. The van der Waals surface area contributed by atoms with Crippen molar-refractivity contribution in [2.45, 2.75) is 6.42 Å². The molecule has 0 radical (unpaired) electrons. The number of benzene rings is 1. The van der Waals surface area contributed by atoms with Crippen molar-refractivity contribution < 1.29 is 4.39 Å². The minimum Gasteiger partial charge on any atom is -0.374 e. The quantitative estimate of drug-likeness (QED) is 0.843. The third-order valence-electron chi connectivity index (χ3n) is 2.94. The maximum absolute atomic E-state index is 13.5. The number of anilines is 1. The Hall–Kier alpha value is -2.41. The van der Waals surface area contributed by atoms with Crippen LogP contribution in [0.25, 0.3) is 0 Å². The molecular weight excluding hydrogens is 241 g/mol. The van der Waals surface area contributed by atoms with Crippen LogP contribution < -0.4 is 4.90 Å². The summed E-state index contributed by atoms with van der Waals surface area (Å²) in [5.74, 6) is -0.482. The highest BCUT2D eigenvalue weighted by atomic mass is 19.1. The van der Waals surface area contributed by atoms with Crippen LogP contribution in [-0.4, -0.2) is 18.6 Å². The maximum atomic E-state index is 13.5. The lowest BCUT2D eigenvalue weighted by atomic mass is 10.2. The maximum Gasteiger partial charge on any atom is 0.143 e. The second-order valence-electron chi connectivity index (χ2n) is 4.27. The molecule has 3 nitrogen and oxygen atoms in total. The van der Waals surface area contributed by atoms with Gasteiger partial charge in [-0.15, -0.1) is 0 Å². The lowest BCUT2D eigenvalue weighted by Gasteiger charge is -2.19. The first kappa shape index (κ1) is 13.0. The molecule has 0 bridgehead atoms. The minimum absolute atomic E-state index is 0.0712. The van der Waals surface area contributed by atoms with E-state index in [1.54, 1.807) is 12.3 Å². The number of halogens is 1. The molecule has 0 aliphatic carbocycles.